The van der Waals surface area contributed by atoms with Crippen LogP contribution in [0.25, 0.3) is 0 Å². The number of alkyl halides is 2. The van der Waals surface area contributed by atoms with Crippen LogP contribution in [-0.4, -0.2) is 25.1 Å². The third kappa shape index (κ3) is 3.93. The van der Waals surface area contributed by atoms with Crippen LogP contribution in [0.5, 0.6) is 0 Å². The molecule has 84 valence electrons. The molecule has 0 bridgehead atoms. The highest BCUT2D eigenvalue weighted by atomic mass is 19.3. The number of hydrogen-bond acceptors (Lipinski definition) is 2. The van der Waals surface area contributed by atoms with Crippen molar-refractivity contribution in [1.29, 1.82) is 0 Å². The number of benzene rings is 1. The van der Waals surface area contributed by atoms with Crippen molar-refractivity contribution in [2.45, 2.75) is 19.0 Å². The van der Waals surface area contributed by atoms with Crippen LogP contribution in [-0.2, 0) is 6.42 Å². The fraction of sp³-hybridized carbons (Fsp3) is 0.455. The third-order valence-corrected chi connectivity index (χ3v) is 2.12. The summed E-state index contributed by atoms with van der Waals surface area (Å²) in [4.78, 5) is 0. The van der Waals surface area contributed by atoms with E-state index >= 15 is 0 Å². The van der Waals surface area contributed by atoms with Crippen molar-refractivity contribution in [3.8, 4) is 0 Å². The maximum Gasteiger partial charge on any atom is 0.242 e. The lowest BCUT2D eigenvalue weighted by molar-refractivity contribution is 0.148. The van der Waals surface area contributed by atoms with E-state index in [-0.39, 0.29) is 6.42 Å². The van der Waals surface area contributed by atoms with Crippen LogP contribution in [0.2, 0.25) is 0 Å². The van der Waals surface area contributed by atoms with E-state index in [0.717, 1.165) is 0 Å². The Morgan fingerprint density at radius 1 is 1.40 bits per heavy atom. The lowest BCUT2D eigenvalue weighted by Crippen LogP contribution is -2.16. The minimum atomic E-state index is -2.35. The zero-order chi connectivity index (χ0) is 11.3. The highest BCUT2D eigenvalue weighted by Crippen LogP contribution is 2.15. The number of rotatable bonds is 5. The average molecular weight is 215 g/mol. The summed E-state index contributed by atoms with van der Waals surface area (Å²) in [5, 5.41) is 12.5. The second kappa shape index (κ2) is 5.78. The van der Waals surface area contributed by atoms with Gasteiger partial charge in [-0.1, -0.05) is 24.3 Å². The number of aliphatic hydroxyl groups excluding tert-OH is 1. The van der Waals surface area contributed by atoms with Crippen molar-refractivity contribution in [3.05, 3.63) is 35.4 Å². The van der Waals surface area contributed by atoms with Crippen LogP contribution in [0.1, 0.15) is 17.2 Å². The van der Waals surface area contributed by atoms with Crippen molar-refractivity contribution in [3.63, 3.8) is 0 Å². The largest absolute Gasteiger partial charge is 0.387 e. The van der Waals surface area contributed by atoms with E-state index in [4.69, 9.17) is 0 Å². The molecule has 0 aliphatic heterocycles. The lowest BCUT2D eigenvalue weighted by atomic mass is 10.0. The van der Waals surface area contributed by atoms with Crippen molar-refractivity contribution >= 4 is 0 Å². The van der Waals surface area contributed by atoms with E-state index in [0.29, 0.717) is 17.7 Å². The standard InChI is InChI=1S/C11H15F2NO/c1-14-7-10(15)9-4-2-3-8(5-9)6-11(12)13/h2-5,10-11,14-15H,6-7H2,1H3. The fourth-order valence-electron chi connectivity index (χ4n) is 1.42. The molecule has 1 aromatic carbocycles. The van der Waals surface area contributed by atoms with Gasteiger partial charge in [0, 0.05) is 13.0 Å². The molecule has 0 aliphatic carbocycles. The third-order valence-electron chi connectivity index (χ3n) is 2.12. The molecular formula is C11H15F2NO. The van der Waals surface area contributed by atoms with Gasteiger partial charge in [0.1, 0.15) is 0 Å². The van der Waals surface area contributed by atoms with Crippen LogP contribution in [0.3, 0.4) is 0 Å². The number of halogens is 2. The van der Waals surface area contributed by atoms with Gasteiger partial charge in [-0.2, -0.15) is 0 Å². The minimum absolute atomic E-state index is 0.264. The van der Waals surface area contributed by atoms with E-state index in [1.165, 1.54) is 0 Å². The summed E-state index contributed by atoms with van der Waals surface area (Å²) in [6, 6.07) is 6.68. The molecule has 0 heterocycles. The first kappa shape index (κ1) is 12.1. The van der Waals surface area contributed by atoms with Gasteiger partial charge < -0.3 is 10.4 Å². The first-order chi connectivity index (χ1) is 7.13. The van der Waals surface area contributed by atoms with Gasteiger partial charge in [0.2, 0.25) is 6.43 Å². The Labute approximate surface area is 87.9 Å². The topological polar surface area (TPSA) is 32.3 Å². The van der Waals surface area contributed by atoms with E-state index in [1.54, 1.807) is 31.3 Å². The van der Waals surface area contributed by atoms with Crippen molar-refractivity contribution in [2.24, 2.45) is 0 Å². The maximum atomic E-state index is 12.1. The van der Waals surface area contributed by atoms with Crippen molar-refractivity contribution in [2.75, 3.05) is 13.6 Å². The van der Waals surface area contributed by atoms with Gasteiger partial charge in [-0.25, -0.2) is 8.78 Å². The second-order valence-electron chi connectivity index (χ2n) is 3.41. The Balaban J connectivity index is 2.73. The summed E-state index contributed by atoms with van der Waals surface area (Å²) < 4.78 is 24.3. The molecule has 0 aromatic heterocycles. The molecule has 0 amide bonds. The van der Waals surface area contributed by atoms with Gasteiger partial charge in [0.15, 0.2) is 0 Å². The number of nitrogens with one attached hydrogen (secondary N) is 1. The molecule has 1 aromatic rings. The smallest absolute Gasteiger partial charge is 0.242 e. The monoisotopic (exact) mass is 215 g/mol. The Bertz CT molecular complexity index is 304. The average Bonchev–Trinajstić information content (AvgIpc) is 2.17. The first-order valence-corrected chi connectivity index (χ1v) is 4.83. The van der Waals surface area contributed by atoms with Gasteiger partial charge in [0.25, 0.3) is 0 Å². The number of aliphatic hydroxyl groups is 1. The van der Waals surface area contributed by atoms with Gasteiger partial charge in [0.05, 0.1) is 6.10 Å². The number of likely N-dealkylation sites (N-methyl/N-ethyl adjacent to an activating group) is 1. The summed E-state index contributed by atoms with van der Waals surface area (Å²) in [7, 11) is 1.73. The molecule has 0 radical (unpaired) electrons. The Morgan fingerprint density at radius 2 is 2.13 bits per heavy atom. The van der Waals surface area contributed by atoms with Crippen LogP contribution < -0.4 is 5.32 Å². The molecule has 0 aliphatic rings. The highest BCUT2D eigenvalue weighted by Gasteiger charge is 2.09. The van der Waals surface area contributed by atoms with Crippen molar-refractivity contribution in [1.82, 2.24) is 5.32 Å². The molecule has 0 saturated carbocycles. The zero-order valence-electron chi connectivity index (χ0n) is 8.58. The van der Waals surface area contributed by atoms with Crippen LogP contribution in [0.4, 0.5) is 8.78 Å². The molecule has 2 N–H and O–H groups in total. The molecule has 15 heavy (non-hydrogen) atoms. The van der Waals surface area contributed by atoms with Gasteiger partial charge in [-0.05, 0) is 18.2 Å². The number of hydrogen-bond donors (Lipinski definition) is 2. The summed E-state index contributed by atoms with van der Waals surface area (Å²) in [6.45, 7) is 0.415. The molecule has 0 spiro atoms. The predicted octanol–water partition coefficient (Wildman–Crippen LogP) is 1.75. The van der Waals surface area contributed by atoms with Gasteiger partial charge in [-0.15, -0.1) is 0 Å². The Hall–Kier alpha value is -1.00. The van der Waals surface area contributed by atoms with Gasteiger partial charge >= 0.3 is 0 Å². The molecular weight excluding hydrogens is 200 g/mol. The molecule has 0 saturated heterocycles. The molecule has 0 fully saturated rings. The molecule has 2 nitrogen and oxygen atoms in total. The summed E-state index contributed by atoms with van der Waals surface area (Å²) in [5.41, 5.74) is 1.22. The SMILES string of the molecule is CNCC(O)c1cccc(CC(F)F)c1. The Kier molecular flexibility index (Phi) is 4.65. The van der Waals surface area contributed by atoms with E-state index in [2.05, 4.69) is 5.32 Å². The van der Waals surface area contributed by atoms with Crippen LogP contribution in [0.15, 0.2) is 24.3 Å². The van der Waals surface area contributed by atoms with E-state index in [9.17, 15) is 13.9 Å². The molecule has 1 unspecified atom stereocenters. The summed E-state index contributed by atoms with van der Waals surface area (Å²) in [5.74, 6) is 0. The molecule has 1 rings (SSSR count). The highest BCUT2D eigenvalue weighted by molar-refractivity contribution is 5.25. The fourth-order valence-corrected chi connectivity index (χ4v) is 1.42. The van der Waals surface area contributed by atoms with Crippen molar-refractivity contribution < 1.29 is 13.9 Å². The minimum Gasteiger partial charge on any atom is -0.387 e. The first-order valence-electron chi connectivity index (χ1n) is 4.83. The van der Waals surface area contributed by atoms with Crippen LogP contribution in [0, 0.1) is 0 Å². The normalized spacial score (nSPS) is 13.1. The van der Waals surface area contributed by atoms with Gasteiger partial charge in [-0.3, -0.25) is 0 Å². The summed E-state index contributed by atoms with van der Waals surface area (Å²) >= 11 is 0. The predicted molar refractivity (Wildman–Crippen MR) is 55.0 cm³/mol. The molecule has 4 heteroatoms. The second-order valence-corrected chi connectivity index (χ2v) is 3.41. The van der Waals surface area contributed by atoms with E-state index in [1.807, 2.05) is 0 Å². The Morgan fingerprint density at radius 3 is 2.73 bits per heavy atom. The zero-order valence-corrected chi connectivity index (χ0v) is 8.58. The summed E-state index contributed by atoms with van der Waals surface area (Å²) in [6.07, 6.45) is -3.26. The van der Waals surface area contributed by atoms with Crippen LogP contribution >= 0.6 is 0 Å². The van der Waals surface area contributed by atoms with E-state index < -0.39 is 12.5 Å². The maximum absolute atomic E-state index is 12.1. The quantitative estimate of drug-likeness (QED) is 0.784. The lowest BCUT2D eigenvalue weighted by Gasteiger charge is -2.11. The molecule has 1 atom stereocenters.